The molecule has 0 saturated heterocycles. The Labute approximate surface area is 218 Å². The van der Waals surface area contributed by atoms with E-state index in [9.17, 15) is 9.18 Å². The topological polar surface area (TPSA) is 20.3 Å². The van der Waals surface area contributed by atoms with E-state index in [1.807, 2.05) is 4.90 Å². The van der Waals surface area contributed by atoms with Crippen LogP contribution in [0.1, 0.15) is 117 Å². The Kier molecular flexibility index (Phi) is 6.12. The maximum atomic E-state index is 13.8. The molecule has 2 nitrogen and oxygen atoms in total. The van der Waals surface area contributed by atoms with Crippen LogP contribution in [0.2, 0.25) is 0 Å². The average Bonchev–Trinajstić information content (AvgIpc) is 3.30. The van der Waals surface area contributed by atoms with Gasteiger partial charge in [0.25, 0.3) is 0 Å². The normalized spacial score (nSPS) is 40.8. The summed E-state index contributed by atoms with van der Waals surface area (Å²) in [5.41, 5.74) is 2.72. The average molecular weight is 494 g/mol. The third-order valence-corrected chi connectivity index (χ3v) is 12.5. The van der Waals surface area contributed by atoms with Gasteiger partial charge in [-0.2, -0.15) is 0 Å². The van der Waals surface area contributed by atoms with Crippen molar-refractivity contribution in [3.05, 3.63) is 29.6 Å². The van der Waals surface area contributed by atoms with Crippen LogP contribution in [0.25, 0.3) is 0 Å². The van der Waals surface area contributed by atoms with Crippen LogP contribution in [0.4, 0.5) is 10.1 Å². The first-order valence-electron chi connectivity index (χ1n) is 15.2. The van der Waals surface area contributed by atoms with E-state index in [1.54, 1.807) is 12.1 Å². The molecule has 1 heterocycles. The standard InChI is InChI=1S/C33H48FNO/c1-31(2)21-22-20-25(34)13-16-29(22)35(31)30(36)10-7-9-24-12-15-27-26-14-11-23-8-5-6-18-32(23,3)28(26)17-19-33(24,27)4/h13,16,20,23-24,26-28H,5-12,14-15,17-19,21H2,1-4H3. The van der Waals surface area contributed by atoms with Gasteiger partial charge in [-0.15, -0.1) is 0 Å². The quantitative estimate of drug-likeness (QED) is 0.411. The van der Waals surface area contributed by atoms with Gasteiger partial charge in [-0.05, 0) is 149 Å². The molecule has 7 atom stereocenters. The molecule has 1 aromatic rings. The minimum atomic E-state index is -0.274. The van der Waals surface area contributed by atoms with Crippen molar-refractivity contribution in [3.63, 3.8) is 0 Å². The summed E-state index contributed by atoms with van der Waals surface area (Å²) in [4.78, 5) is 15.4. The summed E-state index contributed by atoms with van der Waals surface area (Å²) in [7, 11) is 0. The zero-order chi connectivity index (χ0) is 25.3. The number of benzene rings is 1. The highest BCUT2D eigenvalue weighted by Crippen LogP contribution is 2.67. The SMILES string of the molecule is CC12CCCCC1CCC1C2CCC2(C)C(CCCC(=O)N3c4ccc(F)cc4CC3(C)C)CCC12. The Morgan fingerprint density at radius 2 is 1.75 bits per heavy atom. The number of anilines is 1. The molecule has 4 aliphatic carbocycles. The maximum absolute atomic E-state index is 13.8. The van der Waals surface area contributed by atoms with Crippen molar-refractivity contribution in [2.75, 3.05) is 4.90 Å². The van der Waals surface area contributed by atoms with Crippen molar-refractivity contribution >= 4 is 11.6 Å². The second-order valence-electron chi connectivity index (χ2n) is 14.6. The van der Waals surface area contributed by atoms with Gasteiger partial charge in [-0.1, -0.05) is 26.7 Å². The van der Waals surface area contributed by atoms with Crippen molar-refractivity contribution in [2.45, 2.75) is 123 Å². The van der Waals surface area contributed by atoms with Gasteiger partial charge in [0.2, 0.25) is 5.91 Å². The van der Waals surface area contributed by atoms with Gasteiger partial charge >= 0.3 is 0 Å². The Balaban J connectivity index is 1.10. The zero-order valence-corrected chi connectivity index (χ0v) is 23.3. The molecule has 0 bridgehead atoms. The number of amides is 1. The second-order valence-corrected chi connectivity index (χ2v) is 14.6. The molecule has 1 aliphatic heterocycles. The van der Waals surface area contributed by atoms with Crippen LogP contribution in [0, 0.1) is 46.2 Å². The summed E-state index contributed by atoms with van der Waals surface area (Å²) in [5.74, 6) is 4.63. The lowest BCUT2D eigenvalue weighted by Gasteiger charge is -2.60. The molecule has 0 radical (unpaired) electrons. The number of hydrogen-bond acceptors (Lipinski definition) is 1. The van der Waals surface area contributed by atoms with Crippen molar-refractivity contribution in [3.8, 4) is 0 Å². The lowest BCUT2D eigenvalue weighted by molar-refractivity contribution is -0.120. The monoisotopic (exact) mass is 493 g/mol. The fraction of sp³-hybridized carbons (Fsp3) is 0.788. The first-order chi connectivity index (χ1) is 17.1. The third-order valence-electron chi connectivity index (χ3n) is 12.5. The summed E-state index contributed by atoms with van der Waals surface area (Å²) in [6.07, 6.45) is 18.1. The molecule has 4 fully saturated rings. The van der Waals surface area contributed by atoms with E-state index in [0.29, 0.717) is 17.3 Å². The van der Waals surface area contributed by atoms with E-state index in [-0.39, 0.29) is 17.3 Å². The van der Waals surface area contributed by atoms with Gasteiger partial charge in [0.1, 0.15) is 5.82 Å². The highest BCUT2D eigenvalue weighted by Gasteiger charge is 2.59. The molecule has 5 aliphatic rings. The molecule has 36 heavy (non-hydrogen) atoms. The molecule has 4 saturated carbocycles. The Morgan fingerprint density at radius 1 is 0.944 bits per heavy atom. The molecule has 3 heteroatoms. The predicted molar refractivity (Wildman–Crippen MR) is 145 cm³/mol. The van der Waals surface area contributed by atoms with Gasteiger partial charge in [-0.25, -0.2) is 4.39 Å². The first kappa shape index (κ1) is 24.9. The van der Waals surface area contributed by atoms with Crippen molar-refractivity contribution < 1.29 is 9.18 Å². The zero-order valence-electron chi connectivity index (χ0n) is 23.3. The summed E-state index contributed by atoms with van der Waals surface area (Å²) in [5, 5.41) is 0. The highest BCUT2D eigenvalue weighted by atomic mass is 19.1. The molecular weight excluding hydrogens is 445 g/mol. The summed E-state index contributed by atoms with van der Waals surface area (Å²) < 4.78 is 13.8. The molecule has 7 unspecified atom stereocenters. The number of hydrogen-bond donors (Lipinski definition) is 0. The van der Waals surface area contributed by atoms with Crippen LogP contribution in [-0.4, -0.2) is 11.4 Å². The van der Waals surface area contributed by atoms with Crippen molar-refractivity contribution in [1.82, 2.24) is 0 Å². The van der Waals surface area contributed by atoms with E-state index in [0.717, 1.165) is 53.7 Å². The maximum Gasteiger partial charge on any atom is 0.227 e. The first-order valence-corrected chi connectivity index (χ1v) is 15.2. The van der Waals surface area contributed by atoms with Gasteiger partial charge in [0.15, 0.2) is 0 Å². The molecule has 0 spiro atoms. The second kappa shape index (κ2) is 8.84. The van der Waals surface area contributed by atoms with Crippen LogP contribution < -0.4 is 4.90 Å². The van der Waals surface area contributed by atoms with Crippen LogP contribution in [0.3, 0.4) is 0 Å². The fourth-order valence-electron chi connectivity index (χ4n) is 10.7. The molecule has 1 aromatic carbocycles. The van der Waals surface area contributed by atoms with Crippen molar-refractivity contribution in [1.29, 1.82) is 0 Å². The van der Waals surface area contributed by atoms with Gasteiger partial charge < -0.3 is 4.90 Å². The Hall–Kier alpha value is -1.38. The van der Waals surface area contributed by atoms with Crippen LogP contribution >= 0.6 is 0 Å². The van der Waals surface area contributed by atoms with E-state index in [2.05, 4.69) is 27.7 Å². The molecule has 1 amide bonds. The summed E-state index contributed by atoms with van der Waals surface area (Å²) in [6, 6.07) is 4.92. The molecule has 0 N–H and O–H groups in total. The van der Waals surface area contributed by atoms with Gasteiger partial charge in [-0.3, -0.25) is 4.79 Å². The Bertz CT molecular complexity index is 1020. The number of rotatable bonds is 4. The fourth-order valence-corrected chi connectivity index (χ4v) is 10.7. The van der Waals surface area contributed by atoms with Crippen molar-refractivity contribution in [2.24, 2.45) is 40.4 Å². The minimum absolute atomic E-state index is 0.205. The minimum Gasteiger partial charge on any atom is -0.306 e. The number of fused-ring (bicyclic) bond motifs is 6. The lowest BCUT2D eigenvalue weighted by atomic mass is 9.45. The highest BCUT2D eigenvalue weighted by molar-refractivity contribution is 5.97. The lowest BCUT2D eigenvalue weighted by Crippen LogP contribution is -2.52. The summed E-state index contributed by atoms with van der Waals surface area (Å²) >= 11 is 0. The number of halogens is 1. The van der Waals surface area contributed by atoms with Gasteiger partial charge in [0, 0.05) is 17.6 Å². The number of nitrogens with zero attached hydrogens (tertiary/aromatic N) is 1. The molecular formula is C33H48FNO. The van der Waals surface area contributed by atoms with Crippen LogP contribution in [0.15, 0.2) is 18.2 Å². The largest absolute Gasteiger partial charge is 0.306 e. The van der Waals surface area contributed by atoms with Crippen LogP contribution in [0.5, 0.6) is 0 Å². The van der Waals surface area contributed by atoms with E-state index in [1.165, 1.54) is 76.7 Å². The van der Waals surface area contributed by atoms with Crippen LogP contribution in [-0.2, 0) is 11.2 Å². The number of carbonyl (C=O) groups is 1. The van der Waals surface area contributed by atoms with Gasteiger partial charge in [0.05, 0.1) is 0 Å². The molecule has 198 valence electrons. The van der Waals surface area contributed by atoms with E-state index >= 15 is 0 Å². The molecule has 0 aromatic heterocycles. The number of carbonyl (C=O) groups excluding carboxylic acids is 1. The Morgan fingerprint density at radius 3 is 2.58 bits per heavy atom. The van der Waals surface area contributed by atoms with E-state index < -0.39 is 0 Å². The smallest absolute Gasteiger partial charge is 0.227 e. The van der Waals surface area contributed by atoms with E-state index in [4.69, 9.17) is 0 Å². The predicted octanol–water partition coefficient (Wildman–Crippen LogP) is 8.71. The molecule has 6 rings (SSSR count). The summed E-state index contributed by atoms with van der Waals surface area (Å²) in [6.45, 7) is 9.55. The third kappa shape index (κ3) is 3.80.